The molecule has 164 valence electrons. The molecule has 2 aromatic heterocycles. The van der Waals surface area contributed by atoms with Crippen LogP contribution < -0.4 is 0 Å². The number of pyridine rings is 1. The molecule has 4 aromatic rings. The molecule has 0 aliphatic heterocycles. The van der Waals surface area contributed by atoms with Crippen molar-refractivity contribution in [3.05, 3.63) is 95.8 Å². The van der Waals surface area contributed by atoms with Gasteiger partial charge in [-0.05, 0) is 46.3 Å². The van der Waals surface area contributed by atoms with Crippen molar-refractivity contribution in [2.45, 2.75) is 18.1 Å². The molecule has 0 saturated carbocycles. The summed E-state index contributed by atoms with van der Waals surface area (Å²) in [6, 6.07) is 9.46. The van der Waals surface area contributed by atoms with E-state index in [1.807, 2.05) is 0 Å². The van der Waals surface area contributed by atoms with Gasteiger partial charge in [-0.25, -0.2) is 17.9 Å². The van der Waals surface area contributed by atoms with E-state index in [1.165, 1.54) is 30.3 Å². The number of nitrogens with zero attached hydrogens (tertiary/aromatic N) is 5. The zero-order chi connectivity index (χ0) is 22.9. The first-order chi connectivity index (χ1) is 15.2. The van der Waals surface area contributed by atoms with E-state index < -0.39 is 46.8 Å². The predicted molar refractivity (Wildman–Crippen MR) is 102 cm³/mol. The highest BCUT2D eigenvalue weighted by Crippen LogP contribution is 2.46. The third kappa shape index (κ3) is 3.82. The van der Waals surface area contributed by atoms with Crippen molar-refractivity contribution in [3.8, 4) is 11.1 Å². The summed E-state index contributed by atoms with van der Waals surface area (Å²) in [5.74, 6) is -6.98. The quantitative estimate of drug-likeness (QED) is 0.455. The van der Waals surface area contributed by atoms with Gasteiger partial charge in [-0.15, -0.1) is 5.10 Å². The van der Waals surface area contributed by atoms with Crippen LogP contribution in [0.5, 0.6) is 0 Å². The summed E-state index contributed by atoms with van der Waals surface area (Å²) in [6.07, 6.45) is 2.09. The molecule has 0 aliphatic carbocycles. The van der Waals surface area contributed by atoms with Gasteiger partial charge >= 0.3 is 5.92 Å². The van der Waals surface area contributed by atoms with Crippen LogP contribution in [0.4, 0.5) is 22.0 Å². The second kappa shape index (κ2) is 8.08. The standard InChI is InChI=1S/C21H14F5N5O/c22-15-4-1-13(2-5-15)14-3-8-19(27-10-14)21(25,26)20(32,11-31-12-28-29-30-31)17-7-6-16(23)9-18(17)24/h1-10,12,32H,11H2. The maximum absolute atomic E-state index is 15.6. The Morgan fingerprint density at radius 3 is 2.16 bits per heavy atom. The number of tetrazole rings is 1. The maximum atomic E-state index is 15.6. The molecular formula is C21H14F5N5O. The normalized spacial score (nSPS) is 13.7. The number of halogens is 5. The molecule has 0 aliphatic rings. The van der Waals surface area contributed by atoms with E-state index in [2.05, 4.69) is 20.5 Å². The predicted octanol–water partition coefficient (Wildman–Crippen LogP) is 3.83. The van der Waals surface area contributed by atoms with E-state index in [9.17, 15) is 18.3 Å². The minimum Gasteiger partial charge on any atom is -0.377 e. The topological polar surface area (TPSA) is 76.7 Å². The molecular weight excluding hydrogens is 433 g/mol. The van der Waals surface area contributed by atoms with Crippen molar-refractivity contribution in [1.82, 2.24) is 25.2 Å². The van der Waals surface area contributed by atoms with Crippen molar-refractivity contribution >= 4 is 0 Å². The van der Waals surface area contributed by atoms with E-state index in [0.717, 1.165) is 35.4 Å². The molecule has 2 aromatic carbocycles. The van der Waals surface area contributed by atoms with Crippen LogP contribution in [0.1, 0.15) is 11.3 Å². The average molecular weight is 447 g/mol. The van der Waals surface area contributed by atoms with Crippen LogP contribution in [0.2, 0.25) is 0 Å². The fourth-order valence-electron chi connectivity index (χ4n) is 3.27. The molecule has 1 N–H and O–H groups in total. The molecule has 0 bridgehead atoms. The van der Waals surface area contributed by atoms with Gasteiger partial charge in [-0.3, -0.25) is 4.98 Å². The van der Waals surface area contributed by atoms with Gasteiger partial charge < -0.3 is 5.11 Å². The Bertz CT molecular complexity index is 1220. The lowest BCUT2D eigenvalue weighted by Crippen LogP contribution is -2.48. The SMILES string of the molecule is OC(Cn1cnnn1)(c1ccc(F)cc1F)C(F)(F)c1ccc(-c2ccc(F)cc2)cn1. The second-order valence-corrected chi connectivity index (χ2v) is 7.01. The first-order valence-corrected chi connectivity index (χ1v) is 9.20. The Labute approximate surface area is 178 Å². The highest BCUT2D eigenvalue weighted by atomic mass is 19.3. The molecule has 0 spiro atoms. The van der Waals surface area contributed by atoms with Gasteiger partial charge in [0.25, 0.3) is 0 Å². The largest absolute Gasteiger partial charge is 0.377 e. The van der Waals surface area contributed by atoms with Crippen LogP contribution in [0.15, 0.2) is 67.1 Å². The summed E-state index contributed by atoms with van der Waals surface area (Å²) in [5, 5.41) is 21.2. The Morgan fingerprint density at radius 1 is 0.875 bits per heavy atom. The lowest BCUT2D eigenvalue weighted by atomic mass is 9.84. The monoisotopic (exact) mass is 447 g/mol. The van der Waals surface area contributed by atoms with Crippen molar-refractivity contribution in [2.24, 2.45) is 0 Å². The number of alkyl halides is 2. The summed E-state index contributed by atoms with van der Waals surface area (Å²) in [7, 11) is 0. The molecule has 0 radical (unpaired) electrons. The van der Waals surface area contributed by atoms with Gasteiger partial charge in [0.2, 0.25) is 0 Å². The van der Waals surface area contributed by atoms with Crippen LogP contribution in [0.25, 0.3) is 11.1 Å². The number of hydrogen-bond acceptors (Lipinski definition) is 5. The minimum atomic E-state index is -4.15. The minimum absolute atomic E-state index is 0.390. The Balaban J connectivity index is 1.78. The highest BCUT2D eigenvalue weighted by molar-refractivity contribution is 5.62. The summed E-state index contributed by atoms with van der Waals surface area (Å²) in [5.41, 5.74) is -4.00. The molecule has 1 unspecified atom stereocenters. The molecule has 32 heavy (non-hydrogen) atoms. The van der Waals surface area contributed by atoms with E-state index in [-0.39, 0.29) is 0 Å². The van der Waals surface area contributed by atoms with Gasteiger partial charge in [0.05, 0.1) is 6.54 Å². The molecule has 11 heteroatoms. The van der Waals surface area contributed by atoms with Gasteiger partial charge in [-0.1, -0.05) is 18.2 Å². The smallest absolute Gasteiger partial charge is 0.323 e. The van der Waals surface area contributed by atoms with E-state index in [1.54, 1.807) is 0 Å². The highest BCUT2D eigenvalue weighted by Gasteiger charge is 2.57. The first kappa shape index (κ1) is 21.5. The van der Waals surface area contributed by atoms with Crippen molar-refractivity contribution < 1.29 is 27.1 Å². The molecule has 0 saturated heterocycles. The summed E-state index contributed by atoms with van der Waals surface area (Å²) in [4.78, 5) is 3.76. The van der Waals surface area contributed by atoms with Gasteiger partial charge in [-0.2, -0.15) is 8.78 Å². The lowest BCUT2D eigenvalue weighted by molar-refractivity contribution is -0.207. The maximum Gasteiger partial charge on any atom is 0.323 e. The zero-order valence-corrected chi connectivity index (χ0v) is 16.1. The average Bonchev–Trinajstić information content (AvgIpc) is 3.27. The molecule has 2 heterocycles. The van der Waals surface area contributed by atoms with Crippen LogP contribution in [0, 0.1) is 17.5 Å². The first-order valence-electron chi connectivity index (χ1n) is 9.20. The molecule has 4 rings (SSSR count). The molecule has 6 nitrogen and oxygen atoms in total. The number of aliphatic hydroxyl groups is 1. The fraction of sp³-hybridized carbons (Fsp3) is 0.143. The summed E-state index contributed by atoms with van der Waals surface area (Å²) >= 11 is 0. The van der Waals surface area contributed by atoms with Gasteiger partial charge in [0.1, 0.15) is 29.5 Å². The Kier molecular flexibility index (Phi) is 5.43. The van der Waals surface area contributed by atoms with Crippen LogP contribution in [-0.4, -0.2) is 30.3 Å². The fourth-order valence-corrected chi connectivity index (χ4v) is 3.27. The molecule has 0 fully saturated rings. The third-order valence-electron chi connectivity index (χ3n) is 4.94. The van der Waals surface area contributed by atoms with Crippen molar-refractivity contribution in [3.63, 3.8) is 0 Å². The molecule has 1 atom stereocenters. The van der Waals surface area contributed by atoms with Crippen LogP contribution in [0.3, 0.4) is 0 Å². The second-order valence-electron chi connectivity index (χ2n) is 7.01. The van der Waals surface area contributed by atoms with Crippen LogP contribution >= 0.6 is 0 Å². The van der Waals surface area contributed by atoms with Crippen molar-refractivity contribution in [2.75, 3.05) is 0 Å². The van der Waals surface area contributed by atoms with E-state index in [0.29, 0.717) is 17.2 Å². The third-order valence-corrected chi connectivity index (χ3v) is 4.94. The number of hydrogen-bond donors (Lipinski definition) is 1. The van der Waals surface area contributed by atoms with Crippen LogP contribution in [-0.2, 0) is 18.1 Å². The summed E-state index contributed by atoms with van der Waals surface area (Å²) in [6.45, 7) is -0.947. The van der Waals surface area contributed by atoms with E-state index in [4.69, 9.17) is 0 Å². The molecule has 0 amide bonds. The number of benzene rings is 2. The van der Waals surface area contributed by atoms with Crippen molar-refractivity contribution in [1.29, 1.82) is 0 Å². The van der Waals surface area contributed by atoms with Gasteiger partial charge in [0.15, 0.2) is 5.60 Å². The van der Waals surface area contributed by atoms with Gasteiger partial charge in [0, 0.05) is 23.4 Å². The lowest BCUT2D eigenvalue weighted by Gasteiger charge is -2.35. The Hall–Kier alpha value is -3.73. The number of rotatable bonds is 6. The Morgan fingerprint density at radius 2 is 1.56 bits per heavy atom. The summed E-state index contributed by atoms with van der Waals surface area (Å²) < 4.78 is 73.1. The number of aromatic nitrogens is 5. The van der Waals surface area contributed by atoms with E-state index >= 15 is 8.78 Å². The zero-order valence-electron chi connectivity index (χ0n) is 16.1.